The number of nitrogens with zero attached hydrogens (tertiary/aromatic N) is 5. The SMILES string of the molecule is N[C@@H]1CN(c2nc3c(F)cc(F)cc3n2Cc2ncc(F)cn2)CCC1F. The number of nitrogens with two attached hydrogens (primary N) is 1. The first kappa shape index (κ1) is 17.7. The van der Waals surface area contributed by atoms with E-state index in [0.29, 0.717) is 12.5 Å². The van der Waals surface area contributed by atoms with Crippen LogP contribution in [0.2, 0.25) is 0 Å². The summed E-state index contributed by atoms with van der Waals surface area (Å²) in [6, 6.07) is 1.19. The highest BCUT2D eigenvalue weighted by Crippen LogP contribution is 2.28. The molecule has 27 heavy (non-hydrogen) atoms. The average Bonchev–Trinajstić information content (AvgIpc) is 2.98. The number of anilines is 1. The third-order valence-electron chi connectivity index (χ3n) is 4.58. The molecule has 0 amide bonds. The summed E-state index contributed by atoms with van der Waals surface area (Å²) >= 11 is 0. The van der Waals surface area contributed by atoms with Crippen molar-refractivity contribution in [2.45, 2.75) is 25.2 Å². The Morgan fingerprint density at radius 3 is 2.56 bits per heavy atom. The van der Waals surface area contributed by atoms with E-state index in [1.807, 2.05) is 0 Å². The lowest BCUT2D eigenvalue weighted by molar-refractivity contribution is 0.243. The number of hydrogen-bond acceptors (Lipinski definition) is 5. The smallest absolute Gasteiger partial charge is 0.207 e. The van der Waals surface area contributed by atoms with Gasteiger partial charge in [-0.15, -0.1) is 0 Å². The fourth-order valence-corrected chi connectivity index (χ4v) is 3.23. The van der Waals surface area contributed by atoms with Crippen LogP contribution < -0.4 is 10.6 Å². The van der Waals surface area contributed by atoms with Gasteiger partial charge in [-0.1, -0.05) is 0 Å². The van der Waals surface area contributed by atoms with E-state index >= 15 is 0 Å². The fraction of sp³-hybridized carbons (Fsp3) is 0.353. The van der Waals surface area contributed by atoms with Crippen LogP contribution in [0.25, 0.3) is 11.0 Å². The first-order valence-corrected chi connectivity index (χ1v) is 8.38. The van der Waals surface area contributed by atoms with Gasteiger partial charge in [0.1, 0.15) is 23.3 Å². The molecule has 1 aliphatic rings. The Morgan fingerprint density at radius 1 is 1.11 bits per heavy atom. The molecule has 0 aliphatic carbocycles. The van der Waals surface area contributed by atoms with Gasteiger partial charge in [-0.3, -0.25) is 0 Å². The first-order valence-electron chi connectivity index (χ1n) is 8.38. The molecule has 0 radical (unpaired) electrons. The van der Waals surface area contributed by atoms with Crippen LogP contribution in [-0.2, 0) is 6.54 Å². The number of piperidine rings is 1. The van der Waals surface area contributed by atoms with Gasteiger partial charge in [0.05, 0.1) is 30.5 Å². The number of fused-ring (bicyclic) bond motifs is 1. The summed E-state index contributed by atoms with van der Waals surface area (Å²) in [6.45, 7) is 0.519. The number of rotatable bonds is 3. The van der Waals surface area contributed by atoms with E-state index in [0.717, 1.165) is 24.5 Å². The lowest BCUT2D eigenvalue weighted by atomic mass is 10.1. The van der Waals surface area contributed by atoms with Crippen molar-refractivity contribution in [2.24, 2.45) is 5.73 Å². The molecule has 6 nitrogen and oxygen atoms in total. The van der Waals surface area contributed by atoms with E-state index < -0.39 is 29.7 Å². The Labute approximate surface area is 151 Å². The largest absolute Gasteiger partial charge is 0.340 e. The van der Waals surface area contributed by atoms with Gasteiger partial charge >= 0.3 is 0 Å². The maximum absolute atomic E-state index is 14.2. The van der Waals surface area contributed by atoms with Gasteiger partial charge in [-0.25, -0.2) is 32.5 Å². The topological polar surface area (TPSA) is 72.9 Å². The maximum atomic E-state index is 14.2. The van der Waals surface area contributed by atoms with Crippen LogP contribution >= 0.6 is 0 Å². The monoisotopic (exact) mass is 380 g/mol. The highest BCUT2D eigenvalue weighted by molar-refractivity contribution is 5.80. The molecular weight excluding hydrogens is 364 g/mol. The molecule has 3 heterocycles. The molecule has 142 valence electrons. The number of hydrogen-bond donors (Lipinski definition) is 1. The molecule has 3 aromatic rings. The summed E-state index contributed by atoms with van der Waals surface area (Å²) in [6.07, 6.45) is 1.09. The third-order valence-corrected chi connectivity index (χ3v) is 4.58. The van der Waals surface area contributed by atoms with E-state index in [9.17, 15) is 17.6 Å². The molecule has 2 N–H and O–H groups in total. The zero-order valence-corrected chi connectivity index (χ0v) is 14.1. The van der Waals surface area contributed by atoms with Crippen molar-refractivity contribution >= 4 is 17.0 Å². The van der Waals surface area contributed by atoms with Crippen LogP contribution in [0.15, 0.2) is 24.5 Å². The first-order chi connectivity index (χ1) is 12.9. The molecule has 2 aromatic heterocycles. The summed E-state index contributed by atoms with van der Waals surface area (Å²) < 4.78 is 56.4. The van der Waals surface area contributed by atoms with E-state index in [1.165, 1.54) is 4.57 Å². The standard InChI is InChI=1S/C17H16F4N6/c18-9-3-12(21)16-14(4-9)27(8-15-23-5-10(19)6-24-15)17(25-16)26-2-1-11(20)13(22)7-26/h3-6,11,13H,1-2,7-8,22H2/t11?,13-/m1/s1. The van der Waals surface area contributed by atoms with E-state index in [2.05, 4.69) is 15.0 Å². The second-order valence-electron chi connectivity index (χ2n) is 6.49. The number of aromatic nitrogens is 4. The fourth-order valence-electron chi connectivity index (χ4n) is 3.23. The normalized spacial score (nSPS) is 20.4. The summed E-state index contributed by atoms with van der Waals surface area (Å²) in [5.74, 6) is -1.61. The van der Waals surface area contributed by atoms with Gasteiger partial charge in [0.15, 0.2) is 11.6 Å². The highest BCUT2D eigenvalue weighted by atomic mass is 19.1. The summed E-state index contributed by atoms with van der Waals surface area (Å²) in [7, 11) is 0. The molecule has 0 spiro atoms. The Hall–Kier alpha value is -2.75. The molecule has 1 aromatic carbocycles. The minimum Gasteiger partial charge on any atom is -0.340 e. The highest BCUT2D eigenvalue weighted by Gasteiger charge is 2.30. The predicted molar refractivity (Wildman–Crippen MR) is 90.4 cm³/mol. The molecule has 1 fully saturated rings. The van der Waals surface area contributed by atoms with Gasteiger partial charge < -0.3 is 15.2 Å². The van der Waals surface area contributed by atoms with Crippen LogP contribution in [0, 0.1) is 17.5 Å². The Morgan fingerprint density at radius 2 is 1.85 bits per heavy atom. The third kappa shape index (κ3) is 3.32. The maximum Gasteiger partial charge on any atom is 0.207 e. The summed E-state index contributed by atoms with van der Waals surface area (Å²) in [5.41, 5.74) is 6.00. The second-order valence-corrected chi connectivity index (χ2v) is 6.49. The van der Waals surface area contributed by atoms with Crippen molar-refractivity contribution in [3.8, 4) is 0 Å². The molecule has 0 saturated carbocycles. The second kappa shape index (κ2) is 6.76. The summed E-state index contributed by atoms with van der Waals surface area (Å²) in [4.78, 5) is 13.8. The van der Waals surface area contributed by atoms with Gasteiger partial charge in [0, 0.05) is 25.2 Å². The van der Waals surface area contributed by atoms with E-state index in [-0.39, 0.29) is 36.4 Å². The van der Waals surface area contributed by atoms with Crippen LogP contribution in [0.5, 0.6) is 0 Å². The Bertz CT molecular complexity index is 974. The molecule has 4 rings (SSSR count). The van der Waals surface area contributed by atoms with Crippen LogP contribution in [0.1, 0.15) is 12.2 Å². The molecule has 2 atom stereocenters. The van der Waals surface area contributed by atoms with Gasteiger partial charge in [-0.05, 0) is 6.42 Å². The summed E-state index contributed by atoms with van der Waals surface area (Å²) in [5, 5.41) is 0. The molecule has 1 unspecified atom stereocenters. The quantitative estimate of drug-likeness (QED) is 0.705. The van der Waals surface area contributed by atoms with Crippen LogP contribution in [0.4, 0.5) is 23.5 Å². The lowest BCUT2D eigenvalue weighted by Gasteiger charge is -2.34. The predicted octanol–water partition coefficient (Wildman–Crippen LogP) is 2.17. The van der Waals surface area contributed by atoms with Crippen LogP contribution in [0.3, 0.4) is 0 Å². The van der Waals surface area contributed by atoms with Crippen molar-refractivity contribution < 1.29 is 17.6 Å². The average molecular weight is 380 g/mol. The molecule has 1 aliphatic heterocycles. The zero-order valence-electron chi connectivity index (χ0n) is 14.1. The molecular formula is C17H16F4N6. The van der Waals surface area contributed by atoms with Crippen molar-refractivity contribution in [2.75, 3.05) is 18.0 Å². The van der Waals surface area contributed by atoms with Crippen molar-refractivity contribution in [1.29, 1.82) is 0 Å². The van der Waals surface area contributed by atoms with Crippen molar-refractivity contribution in [1.82, 2.24) is 19.5 Å². The lowest BCUT2D eigenvalue weighted by Crippen LogP contribution is -2.50. The van der Waals surface area contributed by atoms with Gasteiger partial charge in [0.2, 0.25) is 5.95 Å². The van der Waals surface area contributed by atoms with E-state index in [4.69, 9.17) is 5.73 Å². The minimum atomic E-state index is -1.13. The molecule has 10 heteroatoms. The Kier molecular flexibility index (Phi) is 4.42. The van der Waals surface area contributed by atoms with Crippen molar-refractivity contribution in [3.63, 3.8) is 0 Å². The zero-order chi connectivity index (χ0) is 19.1. The Balaban J connectivity index is 1.81. The van der Waals surface area contributed by atoms with Gasteiger partial charge in [0.25, 0.3) is 0 Å². The van der Waals surface area contributed by atoms with E-state index in [1.54, 1.807) is 4.90 Å². The van der Waals surface area contributed by atoms with Crippen LogP contribution in [-0.4, -0.2) is 44.8 Å². The number of halogens is 4. The minimum absolute atomic E-state index is 0.0137. The van der Waals surface area contributed by atoms with Crippen molar-refractivity contribution in [3.05, 3.63) is 47.8 Å². The molecule has 1 saturated heterocycles. The number of benzene rings is 1. The molecule has 0 bridgehead atoms. The van der Waals surface area contributed by atoms with Gasteiger partial charge in [-0.2, -0.15) is 0 Å². The number of imidazole rings is 1. The number of alkyl halides is 1.